The Morgan fingerprint density at radius 2 is 2.29 bits per heavy atom. The Morgan fingerprint density at radius 1 is 1.59 bits per heavy atom. The van der Waals surface area contributed by atoms with Gasteiger partial charge in [0.05, 0.1) is 6.54 Å². The summed E-state index contributed by atoms with van der Waals surface area (Å²) in [5, 5.41) is 5.39. The number of rotatable bonds is 4. The number of amidine groups is 1. The molecule has 0 saturated heterocycles. The lowest BCUT2D eigenvalue weighted by Gasteiger charge is -2.17. The maximum atomic E-state index is 13.1. The fourth-order valence-electron chi connectivity index (χ4n) is 0.982. The Balaban J connectivity index is 2.84. The highest BCUT2D eigenvalue weighted by atomic mass is 79.9. The summed E-state index contributed by atoms with van der Waals surface area (Å²) in [4.78, 5) is 8.85. The number of hydrazone groups is 1. The van der Waals surface area contributed by atoms with Crippen LogP contribution in [0.25, 0.3) is 0 Å². The summed E-state index contributed by atoms with van der Waals surface area (Å²) >= 11 is 8.76. The molecule has 1 aromatic carbocycles. The maximum Gasteiger partial charge on any atom is 0.218 e. The Kier molecular flexibility index (Phi) is 5.37. The van der Waals surface area contributed by atoms with Gasteiger partial charge in [-0.1, -0.05) is 11.6 Å². The van der Waals surface area contributed by atoms with Crippen LogP contribution in [0.4, 0.5) is 4.39 Å². The predicted molar refractivity (Wildman–Crippen MR) is 70.3 cm³/mol. The Bertz CT molecular complexity index is 421. The van der Waals surface area contributed by atoms with Gasteiger partial charge in [0.1, 0.15) is 5.82 Å². The van der Waals surface area contributed by atoms with E-state index in [1.807, 2.05) is 6.92 Å². The first-order chi connectivity index (χ1) is 8.05. The third-order valence-electron chi connectivity index (χ3n) is 1.64. The van der Waals surface area contributed by atoms with Gasteiger partial charge in [0.15, 0.2) is 5.75 Å². The number of hydroxylamine groups is 1. The van der Waals surface area contributed by atoms with Crippen LogP contribution in [-0.2, 0) is 0 Å². The van der Waals surface area contributed by atoms with Gasteiger partial charge in [-0.25, -0.2) is 9.38 Å². The largest absolute Gasteiger partial charge is 0.362 e. The first-order valence-corrected chi connectivity index (χ1v) is 5.84. The van der Waals surface area contributed by atoms with Crippen LogP contribution in [0.3, 0.4) is 0 Å². The molecule has 0 fully saturated rings. The van der Waals surface area contributed by atoms with E-state index >= 15 is 0 Å². The first-order valence-electron chi connectivity index (χ1n) is 4.67. The van der Waals surface area contributed by atoms with Gasteiger partial charge in [0, 0.05) is 17.2 Å². The van der Waals surface area contributed by atoms with Crippen molar-refractivity contribution in [2.75, 3.05) is 6.54 Å². The van der Waals surface area contributed by atoms with Gasteiger partial charge < -0.3 is 4.84 Å². The average molecular weight is 323 g/mol. The van der Waals surface area contributed by atoms with Gasteiger partial charge in [-0.05, 0) is 35.6 Å². The second-order valence-corrected chi connectivity index (χ2v) is 4.04. The molecule has 17 heavy (non-hydrogen) atoms. The summed E-state index contributed by atoms with van der Waals surface area (Å²) in [6.07, 6.45) is 0. The molecule has 1 aromatic rings. The lowest BCUT2D eigenvalue weighted by molar-refractivity contribution is -0.0518. The molecule has 0 bridgehead atoms. The van der Waals surface area contributed by atoms with Crippen molar-refractivity contribution < 1.29 is 9.23 Å². The highest BCUT2D eigenvalue weighted by Crippen LogP contribution is 2.21. The predicted octanol–water partition coefficient (Wildman–Crippen LogP) is 3.46. The van der Waals surface area contributed by atoms with E-state index in [-0.39, 0.29) is 15.5 Å². The van der Waals surface area contributed by atoms with Crippen molar-refractivity contribution >= 4 is 39.0 Å². The fourth-order valence-corrected chi connectivity index (χ4v) is 1.37. The van der Waals surface area contributed by atoms with Crippen molar-refractivity contribution in [1.82, 2.24) is 5.17 Å². The third-order valence-corrected chi connectivity index (χ3v) is 2.27. The van der Waals surface area contributed by atoms with Crippen LogP contribution in [0.1, 0.15) is 6.92 Å². The molecule has 0 N–H and O–H groups in total. The SMILES string of the molecule is C=N/C(Br)=N\N(CC)Oc1cc(F)cc(Cl)c1. The van der Waals surface area contributed by atoms with E-state index in [1.54, 1.807) is 0 Å². The summed E-state index contributed by atoms with van der Waals surface area (Å²) in [7, 11) is 0. The zero-order chi connectivity index (χ0) is 12.8. The van der Waals surface area contributed by atoms with Crippen molar-refractivity contribution in [3.8, 4) is 5.75 Å². The second kappa shape index (κ2) is 6.56. The normalized spacial score (nSPS) is 11.2. The maximum absolute atomic E-state index is 13.1. The molecule has 0 amide bonds. The van der Waals surface area contributed by atoms with Crippen molar-refractivity contribution in [1.29, 1.82) is 0 Å². The molecule has 0 unspecified atom stereocenters. The highest BCUT2D eigenvalue weighted by Gasteiger charge is 2.05. The van der Waals surface area contributed by atoms with E-state index < -0.39 is 5.82 Å². The van der Waals surface area contributed by atoms with Gasteiger partial charge in [0.2, 0.25) is 4.74 Å². The van der Waals surface area contributed by atoms with Crippen LogP contribution in [-0.4, -0.2) is 23.2 Å². The lowest BCUT2D eigenvalue weighted by Crippen LogP contribution is -2.22. The third kappa shape index (κ3) is 4.70. The summed E-state index contributed by atoms with van der Waals surface area (Å²) in [5.41, 5.74) is 0. The second-order valence-electron chi connectivity index (χ2n) is 2.89. The molecule has 0 aliphatic heterocycles. The fraction of sp³-hybridized carbons (Fsp3) is 0.200. The van der Waals surface area contributed by atoms with E-state index in [0.29, 0.717) is 6.54 Å². The van der Waals surface area contributed by atoms with E-state index in [4.69, 9.17) is 16.4 Å². The Morgan fingerprint density at radius 3 is 2.82 bits per heavy atom. The van der Waals surface area contributed by atoms with Crippen LogP contribution in [0.15, 0.2) is 28.3 Å². The minimum Gasteiger partial charge on any atom is -0.362 e. The summed E-state index contributed by atoms with van der Waals surface area (Å²) < 4.78 is 13.3. The van der Waals surface area contributed by atoms with Gasteiger partial charge in [-0.15, -0.1) is 10.3 Å². The van der Waals surface area contributed by atoms with Crippen molar-refractivity contribution in [3.63, 3.8) is 0 Å². The van der Waals surface area contributed by atoms with Crippen LogP contribution in [0.5, 0.6) is 5.75 Å². The molecule has 92 valence electrons. The van der Waals surface area contributed by atoms with Crippen LogP contribution < -0.4 is 4.84 Å². The molecule has 0 atom stereocenters. The zero-order valence-electron chi connectivity index (χ0n) is 9.03. The number of aliphatic imine (C=N–C) groups is 1. The Hall–Kier alpha value is -1.14. The highest BCUT2D eigenvalue weighted by molar-refractivity contribution is 9.18. The minimum absolute atomic E-state index is 0.251. The monoisotopic (exact) mass is 321 g/mol. The zero-order valence-corrected chi connectivity index (χ0v) is 11.4. The molecule has 4 nitrogen and oxygen atoms in total. The van der Waals surface area contributed by atoms with Crippen LogP contribution >= 0.6 is 27.5 Å². The molecule has 0 radical (unpaired) electrons. The van der Waals surface area contributed by atoms with Gasteiger partial charge >= 0.3 is 0 Å². The molecular weight excluding hydrogens is 312 g/mol. The molecule has 0 heterocycles. The van der Waals surface area contributed by atoms with E-state index in [0.717, 1.165) is 0 Å². The van der Waals surface area contributed by atoms with E-state index in [9.17, 15) is 4.39 Å². The lowest BCUT2D eigenvalue weighted by atomic mass is 10.3. The number of nitrogens with zero attached hydrogens (tertiary/aromatic N) is 3. The molecule has 0 aliphatic carbocycles. The quantitative estimate of drug-likeness (QED) is 0.368. The van der Waals surface area contributed by atoms with Crippen molar-refractivity contribution in [3.05, 3.63) is 29.0 Å². The average Bonchev–Trinajstić information content (AvgIpc) is 2.26. The number of hydrogen-bond donors (Lipinski definition) is 0. The van der Waals surface area contributed by atoms with Gasteiger partial charge in [-0.3, -0.25) is 0 Å². The van der Waals surface area contributed by atoms with Gasteiger partial charge in [0.25, 0.3) is 0 Å². The summed E-state index contributed by atoms with van der Waals surface area (Å²) in [5.74, 6) is -0.224. The number of benzene rings is 1. The van der Waals surface area contributed by atoms with Crippen LogP contribution in [0, 0.1) is 5.82 Å². The topological polar surface area (TPSA) is 37.2 Å². The van der Waals surface area contributed by atoms with E-state index in [2.05, 4.69) is 32.7 Å². The molecule has 7 heteroatoms. The standard InChI is InChI=1S/C10H10BrClFN3O/c1-3-16(15-10(11)14-2)17-9-5-7(12)4-8(13)6-9/h4-6H,2-3H2,1H3/b15-10-. The minimum atomic E-state index is -0.478. The molecule has 0 spiro atoms. The smallest absolute Gasteiger partial charge is 0.218 e. The molecule has 0 aliphatic rings. The van der Waals surface area contributed by atoms with Gasteiger partial charge in [-0.2, -0.15) is 0 Å². The first kappa shape index (κ1) is 13.9. The number of hydrogen-bond acceptors (Lipinski definition) is 3. The van der Waals surface area contributed by atoms with Crippen molar-refractivity contribution in [2.45, 2.75) is 6.92 Å². The summed E-state index contributed by atoms with van der Waals surface area (Å²) in [6.45, 7) is 5.55. The van der Waals surface area contributed by atoms with Crippen molar-refractivity contribution in [2.24, 2.45) is 10.1 Å². The molecular formula is C10H10BrClFN3O. The molecule has 0 saturated carbocycles. The summed E-state index contributed by atoms with van der Waals surface area (Å²) in [6, 6.07) is 3.88. The van der Waals surface area contributed by atoms with E-state index in [1.165, 1.54) is 23.4 Å². The Labute approximate surface area is 112 Å². The molecule has 0 aromatic heterocycles. The molecule has 1 rings (SSSR count). The van der Waals surface area contributed by atoms with Crippen LogP contribution in [0.2, 0.25) is 5.02 Å². The number of halogens is 3.